The number of hydrogen-bond acceptors (Lipinski definition) is 6. The van der Waals surface area contributed by atoms with Crippen molar-refractivity contribution in [2.75, 3.05) is 20.3 Å². The molecule has 0 radical (unpaired) electrons. The van der Waals surface area contributed by atoms with Gasteiger partial charge < -0.3 is 14.5 Å². The maximum absolute atomic E-state index is 5.49. The molecule has 98 valence electrons. The van der Waals surface area contributed by atoms with Gasteiger partial charge in [-0.25, -0.2) is 9.97 Å². The number of hydrogen-bond donors (Lipinski definition) is 1. The van der Waals surface area contributed by atoms with Crippen molar-refractivity contribution in [3.63, 3.8) is 0 Å². The van der Waals surface area contributed by atoms with E-state index in [1.165, 1.54) is 0 Å². The van der Waals surface area contributed by atoms with Gasteiger partial charge in [0, 0.05) is 20.2 Å². The monoisotopic (exact) mass is 267 g/mol. The van der Waals surface area contributed by atoms with E-state index in [1.54, 1.807) is 24.7 Å². The van der Waals surface area contributed by atoms with Crippen molar-refractivity contribution in [3.05, 3.63) is 22.7 Å². The molecule has 2 aromatic heterocycles. The molecule has 2 heterocycles. The second kappa shape index (κ2) is 6.08. The second-order valence-electron chi connectivity index (χ2n) is 3.96. The van der Waals surface area contributed by atoms with Gasteiger partial charge in [0.25, 0.3) is 0 Å². The molecular formula is C12H17N3O2S. The van der Waals surface area contributed by atoms with Gasteiger partial charge in [-0.05, 0) is 13.8 Å². The van der Waals surface area contributed by atoms with Crippen LogP contribution in [0.2, 0.25) is 0 Å². The molecule has 1 N–H and O–H groups in total. The summed E-state index contributed by atoms with van der Waals surface area (Å²) in [5.41, 5.74) is 1.87. The van der Waals surface area contributed by atoms with Crippen molar-refractivity contribution in [2.24, 2.45) is 0 Å². The fourth-order valence-corrected chi connectivity index (χ4v) is 2.47. The normalized spacial score (nSPS) is 11.1. The number of ether oxygens (including phenoxy) is 1. The minimum absolute atomic E-state index is 0.654. The van der Waals surface area contributed by atoms with Crippen LogP contribution in [-0.2, 0) is 11.3 Å². The molecule has 0 saturated heterocycles. The Balaban J connectivity index is 1.99. The maximum Gasteiger partial charge on any atom is 0.238 e. The van der Waals surface area contributed by atoms with E-state index in [9.17, 15) is 0 Å². The largest absolute Gasteiger partial charge is 0.443 e. The number of methoxy groups -OCH3 is 1. The zero-order chi connectivity index (χ0) is 13.0. The minimum Gasteiger partial charge on any atom is -0.443 e. The van der Waals surface area contributed by atoms with Gasteiger partial charge in [0.05, 0.1) is 23.0 Å². The summed E-state index contributed by atoms with van der Waals surface area (Å²) in [6, 6.07) is 0. The van der Waals surface area contributed by atoms with Crippen LogP contribution in [-0.4, -0.2) is 30.2 Å². The van der Waals surface area contributed by atoms with Gasteiger partial charge in [-0.15, -0.1) is 11.3 Å². The van der Waals surface area contributed by atoms with Gasteiger partial charge in [-0.1, -0.05) is 0 Å². The molecule has 0 aliphatic heterocycles. The van der Waals surface area contributed by atoms with Crippen LogP contribution in [0.1, 0.15) is 16.4 Å². The minimum atomic E-state index is 0.654. The molecule has 0 saturated carbocycles. The van der Waals surface area contributed by atoms with Gasteiger partial charge in [0.2, 0.25) is 5.89 Å². The Hall–Kier alpha value is -1.24. The Morgan fingerprint density at radius 2 is 2.22 bits per heavy atom. The molecule has 0 unspecified atom stereocenters. The fourth-order valence-electron chi connectivity index (χ4n) is 1.61. The van der Waals surface area contributed by atoms with Crippen LogP contribution in [0, 0.1) is 13.8 Å². The van der Waals surface area contributed by atoms with Crippen molar-refractivity contribution >= 4 is 11.3 Å². The third kappa shape index (κ3) is 3.16. The smallest absolute Gasteiger partial charge is 0.238 e. The number of oxazole rings is 1. The van der Waals surface area contributed by atoms with E-state index in [4.69, 9.17) is 9.15 Å². The highest BCUT2D eigenvalue weighted by Gasteiger charge is 2.13. The topological polar surface area (TPSA) is 60.2 Å². The predicted octanol–water partition coefficient (Wildman–Crippen LogP) is 2.15. The number of nitrogens with zero attached hydrogens (tertiary/aromatic N) is 2. The molecule has 5 nitrogen and oxygen atoms in total. The molecule has 0 bridgehead atoms. The van der Waals surface area contributed by atoms with Crippen molar-refractivity contribution in [2.45, 2.75) is 20.4 Å². The first-order chi connectivity index (χ1) is 8.70. The molecule has 2 rings (SSSR count). The first kappa shape index (κ1) is 13.2. The van der Waals surface area contributed by atoms with Crippen LogP contribution in [0.15, 0.2) is 10.7 Å². The molecule has 0 aromatic carbocycles. The lowest BCUT2D eigenvalue weighted by molar-refractivity contribution is 0.199. The summed E-state index contributed by atoms with van der Waals surface area (Å²) >= 11 is 1.60. The zero-order valence-electron chi connectivity index (χ0n) is 10.8. The predicted molar refractivity (Wildman–Crippen MR) is 70.7 cm³/mol. The summed E-state index contributed by atoms with van der Waals surface area (Å²) in [6.45, 7) is 6.13. The van der Waals surface area contributed by atoms with E-state index in [0.29, 0.717) is 19.0 Å². The molecule has 0 fully saturated rings. The summed E-state index contributed by atoms with van der Waals surface area (Å²) in [4.78, 5) is 9.83. The quantitative estimate of drug-likeness (QED) is 0.813. The number of aromatic nitrogens is 2. The molecule has 18 heavy (non-hydrogen) atoms. The molecule has 0 aliphatic carbocycles. The SMILES string of the molecule is COCCNCc1coc(-c2sc(C)nc2C)n1. The lowest BCUT2D eigenvalue weighted by atomic mass is 10.4. The van der Waals surface area contributed by atoms with Crippen molar-refractivity contribution in [1.29, 1.82) is 0 Å². The molecule has 0 spiro atoms. The molecule has 0 aliphatic rings. The molecule has 0 atom stereocenters. The first-order valence-corrected chi connectivity index (χ1v) is 6.61. The molecular weight excluding hydrogens is 250 g/mol. The van der Waals surface area contributed by atoms with E-state index in [0.717, 1.165) is 27.8 Å². The van der Waals surface area contributed by atoms with Gasteiger partial charge >= 0.3 is 0 Å². The standard InChI is InChI=1S/C12H17N3O2S/c1-8-11(18-9(2)14-8)12-15-10(7-17-12)6-13-4-5-16-3/h7,13H,4-6H2,1-3H3. The van der Waals surface area contributed by atoms with E-state index in [2.05, 4.69) is 15.3 Å². The van der Waals surface area contributed by atoms with Gasteiger partial charge in [0.15, 0.2) is 0 Å². The Labute approximate surface area is 110 Å². The average Bonchev–Trinajstić information content (AvgIpc) is 2.91. The third-order valence-electron chi connectivity index (χ3n) is 2.44. The molecule has 2 aromatic rings. The lowest BCUT2D eigenvalue weighted by Crippen LogP contribution is -2.18. The fraction of sp³-hybridized carbons (Fsp3) is 0.500. The van der Waals surface area contributed by atoms with Crippen molar-refractivity contribution in [1.82, 2.24) is 15.3 Å². The molecule has 6 heteroatoms. The van der Waals surface area contributed by atoms with Crippen LogP contribution < -0.4 is 5.32 Å². The Morgan fingerprint density at radius 3 is 2.89 bits per heavy atom. The van der Waals surface area contributed by atoms with Crippen molar-refractivity contribution in [3.8, 4) is 10.8 Å². The maximum atomic E-state index is 5.49. The van der Waals surface area contributed by atoms with Crippen LogP contribution in [0.3, 0.4) is 0 Å². The molecule has 0 amide bonds. The van der Waals surface area contributed by atoms with Gasteiger partial charge in [0.1, 0.15) is 11.1 Å². The number of aryl methyl sites for hydroxylation is 2. The Kier molecular flexibility index (Phi) is 4.46. The summed E-state index contributed by atoms with van der Waals surface area (Å²) < 4.78 is 10.4. The summed E-state index contributed by atoms with van der Waals surface area (Å²) in [5.74, 6) is 0.654. The lowest BCUT2D eigenvalue weighted by Gasteiger charge is -1.99. The summed E-state index contributed by atoms with van der Waals surface area (Å²) in [6.07, 6.45) is 1.68. The number of rotatable bonds is 6. The number of nitrogens with one attached hydrogen (secondary N) is 1. The van der Waals surface area contributed by atoms with Gasteiger partial charge in [-0.2, -0.15) is 0 Å². The van der Waals surface area contributed by atoms with E-state index in [-0.39, 0.29) is 0 Å². The summed E-state index contributed by atoms with van der Waals surface area (Å²) in [7, 11) is 1.69. The highest BCUT2D eigenvalue weighted by molar-refractivity contribution is 7.15. The van der Waals surface area contributed by atoms with Crippen LogP contribution >= 0.6 is 11.3 Å². The zero-order valence-corrected chi connectivity index (χ0v) is 11.6. The highest BCUT2D eigenvalue weighted by Crippen LogP contribution is 2.28. The highest BCUT2D eigenvalue weighted by atomic mass is 32.1. The van der Waals surface area contributed by atoms with Gasteiger partial charge in [-0.3, -0.25) is 0 Å². The van der Waals surface area contributed by atoms with Crippen LogP contribution in [0.5, 0.6) is 0 Å². The number of thiazole rings is 1. The second-order valence-corrected chi connectivity index (χ2v) is 5.16. The van der Waals surface area contributed by atoms with E-state index >= 15 is 0 Å². The Morgan fingerprint density at radius 1 is 1.39 bits per heavy atom. The van der Waals surface area contributed by atoms with E-state index in [1.807, 2.05) is 13.8 Å². The van der Waals surface area contributed by atoms with Crippen LogP contribution in [0.25, 0.3) is 10.8 Å². The summed E-state index contributed by atoms with van der Waals surface area (Å²) in [5, 5.41) is 4.26. The Bertz CT molecular complexity index is 507. The first-order valence-electron chi connectivity index (χ1n) is 5.79. The van der Waals surface area contributed by atoms with Crippen molar-refractivity contribution < 1.29 is 9.15 Å². The van der Waals surface area contributed by atoms with Crippen LogP contribution in [0.4, 0.5) is 0 Å². The average molecular weight is 267 g/mol. The third-order valence-corrected chi connectivity index (χ3v) is 3.50. The van der Waals surface area contributed by atoms with E-state index < -0.39 is 0 Å².